The minimum Gasteiger partial charge on any atom is -0.493 e. The summed E-state index contributed by atoms with van der Waals surface area (Å²) in [4.78, 5) is 17.4. The zero-order chi connectivity index (χ0) is 18.9. The minimum absolute atomic E-state index is 0.287. The van der Waals surface area contributed by atoms with Crippen molar-refractivity contribution in [2.45, 2.75) is 20.0 Å². The van der Waals surface area contributed by atoms with Crippen LogP contribution in [0.4, 0.5) is 5.69 Å². The molecule has 0 aromatic heterocycles. The second-order valence-corrected chi connectivity index (χ2v) is 6.24. The fourth-order valence-corrected chi connectivity index (χ4v) is 2.48. The van der Waals surface area contributed by atoms with Crippen LogP contribution >= 0.6 is 15.9 Å². The highest BCUT2D eigenvalue weighted by Gasteiger charge is 2.14. The number of benzene rings is 2. The number of ether oxygens (including phenoxy) is 2. The SMILES string of the molecule is CCOc1ccc(/C=N/OC(C)C(=O)Nc2cccc(Br)c2)cc1OC. The summed E-state index contributed by atoms with van der Waals surface area (Å²) in [5.41, 5.74) is 1.45. The number of nitrogens with zero attached hydrogens (tertiary/aromatic N) is 1. The van der Waals surface area contributed by atoms with Gasteiger partial charge in [0.05, 0.1) is 19.9 Å². The molecule has 0 aliphatic rings. The van der Waals surface area contributed by atoms with Gasteiger partial charge in [0.25, 0.3) is 5.91 Å². The number of rotatable bonds is 8. The first-order valence-electron chi connectivity index (χ1n) is 8.10. The molecule has 0 saturated heterocycles. The molecule has 0 spiro atoms. The summed E-state index contributed by atoms with van der Waals surface area (Å²) in [6.45, 7) is 4.09. The Balaban J connectivity index is 1.93. The summed E-state index contributed by atoms with van der Waals surface area (Å²) in [7, 11) is 1.57. The van der Waals surface area contributed by atoms with Crippen LogP contribution in [0, 0.1) is 0 Å². The van der Waals surface area contributed by atoms with Crippen molar-refractivity contribution in [3.05, 3.63) is 52.5 Å². The number of carbonyl (C=O) groups excluding carboxylic acids is 1. The summed E-state index contributed by atoms with van der Waals surface area (Å²) in [5, 5.41) is 6.65. The van der Waals surface area contributed by atoms with Crippen LogP contribution in [-0.4, -0.2) is 31.9 Å². The van der Waals surface area contributed by atoms with E-state index in [1.807, 2.05) is 25.1 Å². The number of hydrogen-bond acceptors (Lipinski definition) is 5. The number of anilines is 1. The molecule has 138 valence electrons. The van der Waals surface area contributed by atoms with Gasteiger partial charge in [0.1, 0.15) is 0 Å². The van der Waals surface area contributed by atoms with Crippen molar-refractivity contribution in [3.63, 3.8) is 0 Å². The van der Waals surface area contributed by atoms with E-state index in [1.54, 1.807) is 38.3 Å². The molecule has 0 aliphatic carbocycles. The first-order valence-corrected chi connectivity index (χ1v) is 8.89. The number of methoxy groups -OCH3 is 1. The van der Waals surface area contributed by atoms with Crippen molar-refractivity contribution in [1.29, 1.82) is 0 Å². The van der Waals surface area contributed by atoms with Crippen LogP contribution in [0.1, 0.15) is 19.4 Å². The molecule has 2 rings (SSSR count). The lowest BCUT2D eigenvalue weighted by Crippen LogP contribution is -2.26. The van der Waals surface area contributed by atoms with Gasteiger partial charge in [0.2, 0.25) is 6.10 Å². The fourth-order valence-electron chi connectivity index (χ4n) is 2.08. The van der Waals surface area contributed by atoms with E-state index in [9.17, 15) is 4.79 Å². The molecule has 1 amide bonds. The van der Waals surface area contributed by atoms with Crippen LogP contribution in [0.2, 0.25) is 0 Å². The topological polar surface area (TPSA) is 69.2 Å². The highest BCUT2D eigenvalue weighted by atomic mass is 79.9. The molecular formula is C19H21BrN2O4. The molecule has 1 N–H and O–H groups in total. The van der Waals surface area contributed by atoms with Gasteiger partial charge in [-0.15, -0.1) is 0 Å². The molecule has 0 aliphatic heterocycles. The molecular weight excluding hydrogens is 400 g/mol. The monoisotopic (exact) mass is 420 g/mol. The number of hydrogen-bond donors (Lipinski definition) is 1. The van der Waals surface area contributed by atoms with Crippen LogP contribution < -0.4 is 14.8 Å². The smallest absolute Gasteiger partial charge is 0.267 e. The summed E-state index contributed by atoms with van der Waals surface area (Å²) in [6.07, 6.45) is 0.774. The van der Waals surface area contributed by atoms with Crippen LogP contribution in [0.15, 0.2) is 52.1 Å². The van der Waals surface area contributed by atoms with E-state index < -0.39 is 6.10 Å². The second kappa shape index (κ2) is 9.82. The fraction of sp³-hybridized carbons (Fsp3) is 0.263. The van der Waals surface area contributed by atoms with Crippen LogP contribution in [0.25, 0.3) is 0 Å². The average molecular weight is 421 g/mol. The normalized spacial score (nSPS) is 11.8. The maximum Gasteiger partial charge on any atom is 0.267 e. The van der Waals surface area contributed by atoms with Crippen LogP contribution in [-0.2, 0) is 9.63 Å². The molecule has 1 atom stereocenters. The zero-order valence-corrected chi connectivity index (χ0v) is 16.4. The molecule has 0 saturated carbocycles. The van der Waals surface area contributed by atoms with Gasteiger partial charge in [-0.25, -0.2) is 0 Å². The Labute approximate surface area is 161 Å². The predicted molar refractivity (Wildman–Crippen MR) is 105 cm³/mol. The van der Waals surface area contributed by atoms with E-state index in [-0.39, 0.29) is 5.91 Å². The molecule has 0 bridgehead atoms. The molecule has 1 unspecified atom stereocenters. The first-order chi connectivity index (χ1) is 12.5. The van der Waals surface area contributed by atoms with E-state index in [0.29, 0.717) is 23.8 Å². The maximum absolute atomic E-state index is 12.1. The Morgan fingerprint density at radius 1 is 1.27 bits per heavy atom. The Hall–Kier alpha value is -2.54. The third-order valence-corrected chi connectivity index (χ3v) is 3.86. The average Bonchev–Trinajstić information content (AvgIpc) is 2.62. The van der Waals surface area contributed by atoms with Gasteiger partial charge in [-0.2, -0.15) is 0 Å². The van der Waals surface area contributed by atoms with Gasteiger partial charge in [-0.3, -0.25) is 4.79 Å². The van der Waals surface area contributed by atoms with Crippen molar-refractivity contribution in [1.82, 2.24) is 0 Å². The van der Waals surface area contributed by atoms with Gasteiger partial charge in [-0.1, -0.05) is 27.2 Å². The molecule has 7 heteroatoms. The van der Waals surface area contributed by atoms with Crippen molar-refractivity contribution >= 4 is 33.7 Å². The molecule has 0 heterocycles. The molecule has 26 heavy (non-hydrogen) atoms. The molecule has 0 fully saturated rings. The number of oxime groups is 1. The quantitative estimate of drug-likeness (QED) is 0.512. The highest BCUT2D eigenvalue weighted by molar-refractivity contribution is 9.10. The van der Waals surface area contributed by atoms with Crippen molar-refractivity contribution in [3.8, 4) is 11.5 Å². The second-order valence-electron chi connectivity index (χ2n) is 5.33. The van der Waals surface area contributed by atoms with Gasteiger partial charge >= 0.3 is 0 Å². The van der Waals surface area contributed by atoms with E-state index in [4.69, 9.17) is 14.3 Å². The summed E-state index contributed by atoms with van der Waals surface area (Å²) in [6, 6.07) is 12.7. The van der Waals surface area contributed by atoms with Gasteiger partial charge in [0.15, 0.2) is 11.5 Å². The molecule has 0 radical (unpaired) electrons. The maximum atomic E-state index is 12.1. The molecule has 6 nitrogen and oxygen atoms in total. The van der Waals surface area contributed by atoms with Crippen LogP contribution in [0.3, 0.4) is 0 Å². The van der Waals surface area contributed by atoms with Crippen LogP contribution in [0.5, 0.6) is 11.5 Å². The first kappa shape index (κ1) is 19.8. The Morgan fingerprint density at radius 3 is 2.77 bits per heavy atom. The Bertz CT molecular complexity index is 780. The predicted octanol–water partition coefficient (Wildman–Crippen LogP) is 4.23. The molecule has 2 aromatic rings. The van der Waals surface area contributed by atoms with E-state index in [0.717, 1.165) is 10.0 Å². The minimum atomic E-state index is -0.741. The lowest BCUT2D eigenvalue weighted by atomic mass is 10.2. The molecule has 2 aromatic carbocycles. The van der Waals surface area contributed by atoms with Crippen molar-refractivity contribution in [2.75, 3.05) is 19.0 Å². The lowest BCUT2D eigenvalue weighted by Gasteiger charge is -2.11. The zero-order valence-electron chi connectivity index (χ0n) is 14.9. The van der Waals surface area contributed by atoms with Gasteiger partial charge in [0, 0.05) is 15.7 Å². The van der Waals surface area contributed by atoms with E-state index in [1.165, 1.54) is 6.21 Å². The largest absolute Gasteiger partial charge is 0.493 e. The lowest BCUT2D eigenvalue weighted by molar-refractivity contribution is -0.126. The Kier molecular flexibility index (Phi) is 7.47. The van der Waals surface area contributed by atoms with Crippen molar-refractivity contribution < 1.29 is 19.1 Å². The summed E-state index contributed by atoms with van der Waals surface area (Å²) < 4.78 is 11.6. The number of amides is 1. The number of nitrogens with one attached hydrogen (secondary N) is 1. The van der Waals surface area contributed by atoms with E-state index in [2.05, 4.69) is 26.4 Å². The summed E-state index contributed by atoms with van der Waals surface area (Å²) in [5.74, 6) is 0.982. The summed E-state index contributed by atoms with van der Waals surface area (Å²) >= 11 is 3.36. The highest BCUT2D eigenvalue weighted by Crippen LogP contribution is 2.27. The standard InChI is InChI=1S/C19H21BrN2O4/c1-4-25-17-9-8-14(10-18(17)24-3)12-21-26-13(2)19(23)22-16-7-5-6-15(20)11-16/h5-13H,4H2,1-3H3,(H,22,23)/b21-12+. The number of carbonyl (C=O) groups is 1. The van der Waals surface area contributed by atoms with E-state index >= 15 is 0 Å². The third-order valence-electron chi connectivity index (χ3n) is 3.37. The van der Waals surface area contributed by atoms with Crippen molar-refractivity contribution in [2.24, 2.45) is 5.16 Å². The third kappa shape index (κ3) is 5.77. The number of halogens is 1. The van der Waals surface area contributed by atoms with Gasteiger partial charge in [-0.05, 0) is 50.2 Å². The Morgan fingerprint density at radius 2 is 2.08 bits per heavy atom. The van der Waals surface area contributed by atoms with Gasteiger partial charge < -0.3 is 19.6 Å².